The summed E-state index contributed by atoms with van der Waals surface area (Å²) < 4.78 is 5.51. The Balaban J connectivity index is 1.80. The fourth-order valence-corrected chi connectivity index (χ4v) is 3.61. The molecule has 0 saturated heterocycles. The van der Waals surface area contributed by atoms with Gasteiger partial charge in [-0.15, -0.1) is 0 Å². The van der Waals surface area contributed by atoms with Crippen molar-refractivity contribution >= 4 is 16.8 Å². The number of benzene rings is 1. The molecule has 5 heteroatoms. The topological polar surface area (TPSA) is 58.4 Å². The molecule has 1 atom stereocenters. The first-order valence-electron chi connectivity index (χ1n) is 10.5. The summed E-state index contributed by atoms with van der Waals surface area (Å²) in [5.74, 6) is 0.597. The van der Waals surface area contributed by atoms with E-state index in [9.17, 15) is 4.79 Å². The molecule has 0 saturated carbocycles. The summed E-state index contributed by atoms with van der Waals surface area (Å²) in [4.78, 5) is 20.2. The Kier molecular flexibility index (Phi) is 7.04. The third kappa shape index (κ3) is 5.24. The highest BCUT2D eigenvalue weighted by Gasteiger charge is 2.17. The average molecular weight is 394 g/mol. The zero-order valence-corrected chi connectivity index (χ0v) is 17.9. The second kappa shape index (κ2) is 9.70. The van der Waals surface area contributed by atoms with Crippen LogP contribution in [0.5, 0.6) is 0 Å². The van der Waals surface area contributed by atoms with Crippen LogP contribution < -0.4 is 5.32 Å². The predicted molar refractivity (Wildman–Crippen MR) is 118 cm³/mol. The van der Waals surface area contributed by atoms with E-state index in [0.717, 1.165) is 48.9 Å². The largest absolute Gasteiger partial charge is 0.463 e. The van der Waals surface area contributed by atoms with E-state index in [1.165, 1.54) is 0 Å². The van der Waals surface area contributed by atoms with E-state index < -0.39 is 0 Å². The standard InChI is InChI=1S/C24H31N3O2/c1-5-27(6-2)13-7-9-18(4)25-24(28)20-16-22(23-10-8-14-29-23)26-21-12-11-17(3)15-19(20)21/h8,10-12,14-16,18H,5-7,9,13H2,1-4H3,(H,25,28). The lowest BCUT2D eigenvalue weighted by atomic mass is 10.0. The van der Waals surface area contributed by atoms with Crippen LogP contribution >= 0.6 is 0 Å². The van der Waals surface area contributed by atoms with Gasteiger partial charge in [0, 0.05) is 11.4 Å². The number of carbonyl (C=O) groups is 1. The summed E-state index contributed by atoms with van der Waals surface area (Å²) in [6, 6.07) is 11.6. The molecule has 0 spiro atoms. The lowest BCUT2D eigenvalue weighted by Crippen LogP contribution is -2.33. The first-order valence-corrected chi connectivity index (χ1v) is 10.5. The molecule has 5 nitrogen and oxygen atoms in total. The lowest BCUT2D eigenvalue weighted by molar-refractivity contribution is 0.0939. The number of nitrogens with zero attached hydrogens (tertiary/aromatic N) is 2. The maximum Gasteiger partial charge on any atom is 0.252 e. The zero-order chi connectivity index (χ0) is 20.8. The fourth-order valence-electron chi connectivity index (χ4n) is 3.61. The highest BCUT2D eigenvalue weighted by molar-refractivity contribution is 6.07. The monoisotopic (exact) mass is 393 g/mol. The summed E-state index contributed by atoms with van der Waals surface area (Å²) >= 11 is 0. The second-order valence-corrected chi connectivity index (χ2v) is 7.60. The maximum absolute atomic E-state index is 13.1. The van der Waals surface area contributed by atoms with Crippen LogP contribution in [0.1, 0.15) is 49.5 Å². The van der Waals surface area contributed by atoms with E-state index in [1.54, 1.807) is 6.26 Å². The molecule has 3 rings (SSSR count). The third-order valence-corrected chi connectivity index (χ3v) is 5.37. The molecule has 0 aliphatic heterocycles. The van der Waals surface area contributed by atoms with Crippen LogP contribution in [0.2, 0.25) is 0 Å². The van der Waals surface area contributed by atoms with E-state index in [0.29, 0.717) is 17.0 Å². The van der Waals surface area contributed by atoms with Gasteiger partial charge in [0.15, 0.2) is 5.76 Å². The summed E-state index contributed by atoms with van der Waals surface area (Å²) in [5, 5.41) is 4.04. The number of nitrogens with one attached hydrogen (secondary N) is 1. The van der Waals surface area contributed by atoms with Gasteiger partial charge < -0.3 is 14.6 Å². The first kappa shape index (κ1) is 21.1. The molecule has 1 N–H and O–H groups in total. The second-order valence-electron chi connectivity index (χ2n) is 7.60. The summed E-state index contributed by atoms with van der Waals surface area (Å²) in [6.07, 6.45) is 3.64. The first-order chi connectivity index (χ1) is 14.0. The quantitative estimate of drug-likeness (QED) is 0.553. The van der Waals surface area contributed by atoms with Crippen LogP contribution in [-0.2, 0) is 0 Å². The minimum Gasteiger partial charge on any atom is -0.463 e. The molecule has 1 aromatic carbocycles. The van der Waals surface area contributed by atoms with Crippen LogP contribution in [0.3, 0.4) is 0 Å². The molecular formula is C24H31N3O2. The van der Waals surface area contributed by atoms with Crippen LogP contribution in [-0.4, -0.2) is 41.5 Å². The number of pyridine rings is 1. The van der Waals surface area contributed by atoms with Gasteiger partial charge in [-0.25, -0.2) is 4.98 Å². The van der Waals surface area contributed by atoms with Gasteiger partial charge in [-0.1, -0.05) is 25.5 Å². The Morgan fingerprint density at radius 1 is 1.21 bits per heavy atom. The number of rotatable bonds is 9. The van der Waals surface area contributed by atoms with Crippen molar-refractivity contribution in [2.24, 2.45) is 0 Å². The molecule has 0 aliphatic rings. The Morgan fingerprint density at radius 2 is 2.00 bits per heavy atom. The van der Waals surface area contributed by atoms with Gasteiger partial charge in [-0.2, -0.15) is 0 Å². The molecule has 2 heterocycles. The van der Waals surface area contributed by atoms with Crippen molar-refractivity contribution in [3.8, 4) is 11.5 Å². The number of aryl methyl sites for hydroxylation is 1. The van der Waals surface area contributed by atoms with E-state index in [1.807, 2.05) is 43.3 Å². The number of fused-ring (bicyclic) bond motifs is 1. The van der Waals surface area contributed by atoms with E-state index in [4.69, 9.17) is 4.42 Å². The molecule has 1 unspecified atom stereocenters. The van der Waals surface area contributed by atoms with E-state index in [-0.39, 0.29) is 11.9 Å². The normalized spacial score (nSPS) is 12.4. The van der Waals surface area contributed by atoms with Crippen molar-refractivity contribution in [2.45, 2.75) is 46.6 Å². The third-order valence-electron chi connectivity index (χ3n) is 5.37. The summed E-state index contributed by atoms with van der Waals surface area (Å²) in [7, 11) is 0. The smallest absolute Gasteiger partial charge is 0.252 e. The Morgan fingerprint density at radius 3 is 2.69 bits per heavy atom. The molecule has 3 aromatic rings. The number of hydrogen-bond acceptors (Lipinski definition) is 4. The minimum atomic E-state index is -0.0638. The van der Waals surface area contributed by atoms with Crippen LogP contribution in [0.25, 0.3) is 22.4 Å². The SMILES string of the molecule is CCN(CC)CCCC(C)NC(=O)c1cc(-c2ccco2)nc2ccc(C)cc12. The van der Waals surface area contributed by atoms with Crippen LogP contribution in [0, 0.1) is 6.92 Å². The van der Waals surface area contributed by atoms with Crippen molar-refractivity contribution in [1.29, 1.82) is 0 Å². The molecule has 0 bridgehead atoms. The predicted octanol–water partition coefficient (Wildman–Crippen LogP) is 5.04. The zero-order valence-electron chi connectivity index (χ0n) is 17.9. The molecule has 0 aliphatic carbocycles. The van der Waals surface area contributed by atoms with Crippen LogP contribution in [0.15, 0.2) is 47.1 Å². The lowest BCUT2D eigenvalue weighted by Gasteiger charge is -2.20. The molecule has 0 radical (unpaired) electrons. The van der Waals surface area contributed by atoms with Gasteiger partial charge in [0.2, 0.25) is 0 Å². The number of amides is 1. The van der Waals surface area contributed by atoms with E-state index in [2.05, 4.69) is 36.0 Å². The van der Waals surface area contributed by atoms with Crippen molar-refractivity contribution < 1.29 is 9.21 Å². The Hall–Kier alpha value is -2.66. The summed E-state index contributed by atoms with van der Waals surface area (Å²) in [6.45, 7) is 11.7. The molecule has 29 heavy (non-hydrogen) atoms. The van der Waals surface area contributed by atoms with Gasteiger partial charge in [0.25, 0.3) is 5.91 Å². The van der Waals surface area contributed by atoms with Gasteiger partial charge in [0.05, 0.1) is 17.3 Å². The number of carbonyl (C=O) groups excluding carboxylic acids is 1. The maximum atomic E-state index is 13.1. The molecule has 1 amide bonds. The molecule has 0 fully saturated rings. The summed E-state index contributed by atoms with van der Waals surface area (Å²) in [5.41, 5.74) is 3.21. The van der Waals surface area contributed by atoms with Gasteiger partial charge in [-0.05, 0) is 76.7 Å². The number of aromatic nitrogens is 1. The minimum absolute atomic E-state index is 0.0638. The van der Waals surface area contributed by atoms with Gasteiger partial charge in [0.1, 0.15) is 5.69 Å². The van der Waals surface area contributed by atoms with E-state index >= 15 is 0 Å². The molecule has 2 aromatic heterocycles. The molecule has 154 valence electrons. The van der Waals surface area contributed by atoms with Gasteiger partial charge >= 0.3 is 0 Å². The highest BCUT2D eigenvalue weighted by atomic mass is 16.3. The average Bonchev–Trinajstić information content (AvgIpc) is 3.25. The van der Waals surface area contributed by atoms with Crippen molar-refractivity contribution in [3.63, 3.8) is 0 Å². The van der Waals surface area contributed by atoms with Crippen molar-refractivity contribution in [3.05, 3.63) is 53.8 Å². The van der Waals surface area contributed by atoms with Crippen LogP contribution in [0.4, 0.5) is 0 Å². The highest BCUT2D eigenvalue weighted by Crippen LogP contribution is 2.26. The number of furan rings is 1. The molecular weight excluding hydrogens is 362 g/mol. The number of hydrogen-bond donors (Lipinski definition) is 1. The Labute approximate surface area is 173 Å². The Bertz CT molecular complexity index is 946. The van der Waals surface area contributed by atoms with Gasteiger partial charge in [-0.3, -0.25) is 4.79 Å². The van der Waals surface area contributed by atoms with Crippen molar-refractivity contribution in [1.82, 2.24) is 15.2 Å². The van der Waals surface area contributed by atoms with Crippen molar-refractivity contribution in [2.75, 3.05) is 19.6 Å². The fraction of sp³-hybridized carbons (Fsp3) is 0.417.